The average Bonchev–Trinajstić information content (AvgIpc) is 2.73. The van der Waals surface area contributed by atoms with E-state index in [2.05, 4.69) is 34.5 Å². The van der Waals surface area contributed by atoms with Gasteiger partial charge >= 0.3 is 0 Å². The van der Waals surface area contributed by atoms with Crippen molar-refractivity contribution in [3.05, 3.63) is 17.8 Å². The highest BCUT2D eigenvalue weighted by Crippen LogP contribution is 2.17. The van der Waals surface area contributed by atoms with Crippen molar-refractivity contribution in [2.24, 2.45) is 5.73 Å². The van der Waals surface area contributed by atoms with Crippen molar-refractivity contribution in [3.63, 3.8) is 0 Å². The fourth-order valence-electron chi connectivity index (χ4n) is 1.48. The Hall–Kier alpha value is -1.56. The van der Waals surface area contributed by atoms with Crippen molar-refractivity contribution < 1.29 is 0 Å². The molecule has 0 amide bonds. The van der Waals surface area contributed by atoms with Gasteiger partial charge in [0.1, 0.15) is 0 Å². The van der Waals surface area contributed by atoms with Crippen LogP contribution in [0.3, 0.4) is 0 Å². The zero-order valence-electron chi connectivity index (χ0n) is 8.83. The highest BCUT2D eigenvalue weighted by atomic mass is 15.6. The molecule has 2 heterocycles. The second kappa shape index (κ2) is 3.90. The fraction of sp³-hybridized carbons (Fsp3) is 0.556. The first-order valence-corrected chi connectivity index (χ1v) is 5.03. The van der Waals surface area contributed by atoms with Crippen LogP contribution in [0.25, 0.3) is 5.65 Å². The van der Waals surface area contributed by atoms with E-state index < -0.39 is 0 Å². The van der Waals surface area contributed by atoms with Gasteiger partial charge in [-0.05, 0) is 29.0 Å². The Balaban J connectivity index is 2.35. The molecular formula is C9H14N6. The van der Waals surface area contributed by atoms with Gasteiger partial charge in [0, 0.05) is 12.0 Å². The lowest BCUT2D eigenvalue weighted by Crippen LogP contribution is -2.26. The number of nitrogens with zero attached hydrogens (tertiary/aromatic N) is 5. The second-order valence-electron chi connectivity index (χ2n) is 3.65. The van der Waals surface area contributed by atoms with E-state index in [9.17, 15) is 0 Å². The SMILES string of the molecule is CCC(N)C(C)c1ccc2nnnn2n1. The minimum absolute atomic E-state index is 0.117. The third-order valence-corrected chi connectivity index (χ3v) is 2.67. The minimum Gasteiger partial charge on any atom is -0.327 e. The summed E-state index contributed by atoms with van der Waals surface area (Å²) in [7, 11) is 0. The molecule has 2 aromatic heterocycles. The summed E-state index contributed by atoms with van der Waals surface area (Å²) in [5.74, 6) is 0.212. The number of hydrogen-bond donors (Lipinski definition) is 1. The van der Waals surface area contributed by atoms with Crippen LogP contribution >= 0.6 is 0 Å². The zero-order valence-corrected chi connectivity index (χ0v) is 8.83. The molecule has 2 aromatic rings. The number of nitrogens with two attached hydrogens (primary N) is 1. The van der Waals surface area contributed by atoms with E-state index in [-0.39, 0.29) is 12.0 Å². The summed E-state index contributed by atoms with van der Waals surface area (Å²) in [5.41, 5.74) is 7.54. The summed E-state index contributed by atoms with van der Waals surface area (Å²) in [6, 6.07) is 3.89. The molecule has 0 radical (unpaired) electrons. The van der Waals surface area contributed by atoms with Gasteiger partial charge < -0.3 is 5.73 Å². The van der Waals surface area contributed by atoms with Crippen molar-refractivity contribution in [3.8, 4) is 0 Å². The maximum Gasteiger partial charge on any atom is 0.199 e. The minimum atomic E-state index is 0.117. The lowest BCUT2D eigenvalue weighted by Gasteiger charge is -2.16. The number of fused-ring (bicyclic) bond motifs is 1. The molecule has 80 valence electrons. The molecule has 0 aliphatic carbocycles. The van der Waals surface area contributed by atoms with Gasteiger partial charge in [0.2, 0.25) is 0 Å². The zero-order chi connectivity index (χ0) is 10.8. The van der Waals surface area contributed by atoms with Gasteiger partial charge in [-0.2, -0.15) is 5.10 Å². The van der Waals surface area contributed by atoms with Crippen LogP contribution in [0, 0.1) is 0 Å². The molecule has 2 unspecified atom stereocenters. The summed E-state index contributed by atoms with van der Waals surface area (Å²) in [4.78, 5) is 0. The molecule has 2 N–H and O–H groups in total. The van der Waals surface area contributed by atoms with E-state index in [4.69, 9.17) is 5.73 Å². The van der Waals surface area contributed by atoms with E-state index in [0.717, 1.165) is 12.1 Å². The van der Waals surface area contributed by atoms with E-state index in [1.54, 1.807) is 0 Å². The predicted octanol–water partition coefficient (Wildman–Crippen LogP) is 0.360. The van der Waals surface area contributed by atoms with Gasteiger partial charge in [-0.15, -0.1) is 9.73 Å². The first-order valence-electron chi connectivity index (χ1n) is 5.03. The third-order valence-electron chi connectivity index (χ3n) is 2.67. The second-order valence-corrected chi connectivity index (χ2v) is 3.65. The van der Waals surface area contributed by atoms with Crippen LogP contribution in [-0.2, 0) is 0 Å². The summed E-state index contributed by atoms with van der Waals surface area (Å²) in [6.45, 7) is 4.13. The Bertz CT molecular complexity index is 451. The van der Waals surface area contributed by atoms with Crippen LogP contribution < -0.4 is 5.73 Å². The maximum atomic E-state index is 5.97. The maximum absolute atomic E-state index is 5.97. The Labute approximate surface area is 87.5 Å². The molecule has 0 spiro atoms. The Morgan fingerprint density at radius 3 is 3.00 bits per heavy atom. The normalized spacial score (nSPS) is 15.4. The van der Waals surface area contributed by atoms with Gasteiger partial charge in [0.15, 0.2) is 5.65 Å². The summed E-state index contributed by atoms with van der Waals surface area (Å²) in [6.07, 6.45) is 0.927. The van der Waals surface area contributed by atoms with E-state index >= 15 is 0 Å². The molecule has 2 rings (SSSR count). The molecule has 0 saturated heterocycles. The average molecular weight is 206 g/mol. The Morgan fingerprint density at radius 2 is 2.27 bits per heavy atom. The largest absolute Gasteiger partial charge is 0.327 e. The molecule has 0 saturated carbocycles. The lowest BCUT2D eigenvalue weighted by atomic mass is 9.97. The molecule has 0 aromatic carbocycles. The smallest absolute Gasteiger partial charge is 0.199 e. The van der Waals surface area contributed by atoms with Crippen molar-refractivity contribution >= 4 is 5.65 Å². The monoisotopic (exact) mass is 206 g/mol. The summed E-state index contributed by atoms with van der Waals surface area (Å²) < 4.78 is 1.42. The Morgan fingerprint density at radius 1 is 1.47 bits per heavy atom. The van der Waals surface area contributed by atoms with Gasteiger partial charge in [-0.25, -0.2) is 0 Å². The highest BCUT2D eigenvalue weighted by molar-refractivity contribution is 5.33. The van der Waals surface area contributed by atoms with Gasteiger partial charge in [-0.3, -0.25) is 0 Å². The quantitative estimate of drug-likeness (QED) is 0.784. The topological polar surface area (TPSA) is 82.0 Å². The number of hydrogen-bond acceptors (Lipinski definition) is 5. The first-order chi connectivity index (χ1) is 7.22. The molecule has 0 aliphatic rings. The van der Waals surface area contributed by atoms with Crippen molar-refractivity contribution in [1.29, 1.82) is 0 Å². The van der Waals surface area contributed by atoms with Crippen LogP contribution in [-0.4, -0.2) is 31.3 Å². The van der Waals surface area contributed by atoms with Gasteiger partial charge in [0.05, 0.1) is 5.69 Å². The predicted molar refractivity (Wildman–Crippen MR) is 55.3 cm³/mol. The number of rotatable bonds is 3. The van der Waals surface area contributed by atoms with E-state index in [1.165, 1.54) is 4.63 Å². The van der Waals surface area contributed by atoms with E-state index in [0.29, 0.717) is 5.65 Å². The van der Waals surface area contributed by atoms with Crippen LogP contribution in [0.4, 0.5) is 0 Å². The van der Waals surface area contributed by atoms with Crippen molar-refractivity contribution in [2.75, 3.05) is 0 Å². The lowest BCUT2D eigenvalue weighted by molar-refractivity contribution is 0.528. The first kappa shape index (κ1) is 9.97. The molecule has 0 aliphatic heterocycles. The standard InChI is InChI=1S/C9H14N6/c1-3-7(10)6(2)8-4-5-9-11-13-14-15(9)12-8/h4-7H,3,10H2,1-2H3. The molecule has 0 fully saturated rings. The molecule has 2 atom stereocenters. The van der Waals surface area contributed by atoms with Crippen LogP contribution in [0.5, 0.6) is 0 Å². The highest BCUT2D eigenvalue weighted by Gasteiger charge is 2.15. The summed E-state index contributed by atoms with van der Waals surface area (Å²) >= 11 is 0. The van der Waals surface area contributed by atoms with Gasteiger partial charge in [-0.1, -0.05) is 13.8 Å². The Kier molecular flexibility index (Phi) is 2.59. The molecule has 15 heavy (non-hydrogen) atoms. The molecule has 0 bridgehead atoms. The van der Waals surface area contributed by atoms with Crippen molar-refractivity contribution in [1.82, 2.24) is 25.3 Å². The molecule has 6 heteroatoms. The van der Waals surface area contributed by atoms with E-state index in [1.807, 2.05) is 12.1 Å². The van der Waals surface area contributed by atoms with Crippen LogP contribution in [0.2, 0.25) is 0 Å². The van der Waals surface area contributed by atoms with Crippen LogP contribution in [0.15, 0.2) is 12.1 Å². The van der Waals surface area contributed by atoms with Crippen molar-refractivity contribution in [2.45, 2.75) is 32.2 Å². The third kappa shape index (κ3) is 1.80. The summed E-state index contributed by atoms with van der Waals surface area (Å²) in [5, 5.41) is 15.4. The number of tetrazole rings is 1. The fourth-order valence-corrected chi connectivity index (χ4v) is 1.48. The molecule has 6 nitrogen and oxygen atoms in total. The number of aromatic nitrogens is 5. The van der Waals surface area contributed by atoms with Gasteiger partial charge in [0.25, 0.3) is 0 Å². The van der Waals surface area contributed by atoms with Crippen LogP contribution in [0.1, 0.15) is 31.9 Å². The molecular weight excluding hydrogens is 192 g/mol.